The second kappa shape index (κ2) is 6.30. The highest BCUT2D eigenvalue weighted by atomic mass is 19.2. The fourth-order valence-corrected chi connectivity index (χ4v) is 1.84. The summed E-state index contributed by atoms with van der Waals surface area (Å²) < 4.78 is 39.1. The van der Waals surface area contributed by atoms with E-state index in [0.29, 0.717) is 24.2 Å². The largest absolute Gasteiger partial charge is 0.399 e. The van der Waals surface area contributed by atoms with Crippen molar-refractivity contribution in [3.63, 3.8) is 0 Å². The maximum absolute atomic E-state index is 13.4. The minimum Gasteiger partial charge on any atom is -0.399 e. The number of halogens is 3. The third-order valence-electron chi connectivity index (χ3n) is 2.96. The molecule has 2 aromatic rings. The van der Waals surface area contributed by atoms with E-state index in [4.69, 9.17) is 5.73 Å². The van der Waals surface area contributed by atoms with Gasteiger partial charge in [0.05, 0.1) is 5.69 Å². The minimum absolute atomic E-state index is 0.0483. The smallest absolute Gasteiger partial charge is 0.224 e. The molecule has 0 aliphatic heterocycles. The Morgan fingerprint density at radius 3 is 2.43 bits per heavy atom. The zero-order chi connectivity index (χ0) is 15.4. The van der Waals surface area contributed by atoms with Gasteiger partial charge in [-0.1, -0.05) is 18.2 Å². The number of nitrogen functional groups attached to an aromatic ring is 1. The van der Waals surface area contributed by atoms with Gasteiger partial charge in [0.15, 0.2) is 11.6 Å². The second-order valence-corrected chi connectivity index (χ2v) is 4.49. The molecule has 2 aromatic carbocycles. The van der Waals surface area contributed by atoms with Crippen LogP contribution in [0.1, 0.15) is 12.0 Å². The molecule has 0 bridgehead atoms. The van der Waals surface area contributed by atoms with E-state index < -0.39 is 23.4 Å². The molecular weight excluding hydrogens is 281 g/mol. The summed E-state index contributed by atoms with van der Waals surface area (Å²) in [5.74, 6) is -4.06. The van der Waals surface area contributed by atoms with Crippen LogP contribution in [-0.2, 0) is 11.2 Å². The summed E-state index contributed by atoms with van der Waals surface area (Å²) in [4.78, 5) is 11.7. The first-order chi connectivity index (χ1) is 9.97. The van der Waals surface area contributed by atoms with E-state index in [0.717, 1.165) is 5.56 Å². The molecule has 0 unspecified atom stereocenters. The van der Waals surface area contributed by atoms with Crippen LogP contribution >= 0.6 is 0 Å². The Morgan fingerprint density at radius 1 is 1.05 bits per heavy atom. The van der Waals surface area contributed by atoms with E-state index in [-0.39, 0.29) is 12.1 Å². The highest BCUT2D eigenvalue weighted by molar-refractivity contribution is 5.91. The van der Waals surface area contributed by atoms with Crippen LogP contribution in [0.4, 0.5) is 24.5 Å². The number of carbonyl (C=O) groups is 1. The van der Waals surface area contributed by atoms with E-state index >= 15 is 0 Å². The average Bonchev–Trinajstić information content (AvgIpc) is 2.44. The summed E-state index contributed by atoms with van der Waals surface area (Å²) in [5.41, 5.74) is 6.70. The number of anilines is 2. The van der Waals surface area contributed by atoms with E-state index in [1.54, 1.807) is 24.3 Å². The Bertz CT molecular complexity index is 674. The normalized spacial score (nSPS) is 10.4. The predicted molar refractivity (Wildman–Crippen MR) is 74.1 cm³/mol. The number of benzene rings is 2. The lowest BCUT2D eigenvalue weighted by molar-refractivity contribution is -0.116. The number of aryl methyl sites for hydroxylation is 1. The third-order valence-corrected chi connectivity index (χ3v) is 2.96. The van der Waals surface area contributed by atoms with Crippen molar-refractivity contribution in [1.82, 2.24) is 0 Å². The van der Waals surface area contributed by atoms with Crippen molar-refractivity contribution in [1.29, 1.82) is 0 Å². The summed E-state index contributed by atoms with van der Waals surface area (Å²) in [6.07, 6.45) is 0.413. The highest BCUT2D eigenvalue weighted by Gasteiger charge is 2.12. The SMILES string of the molecule is Nc1ccccc1CCC(=O)Nc1cc(F)c(F)cc1F. The maximum atomic E-state index is 13.4. The van der Waals surface area contributed by atoms with Crippen LogP contribution < -0.4 is 11.1 Å². The van der Waals surface area contributed by atoms with Crippen LogP contribution in [0.25, 0.3) is 0 Å². The van der Waals surface area contributed by atoms with Gasteiger partial charge in [0.2, 0.25) is 5.91 Å². The number of carbonyl (C=O) groups excluding carboxylic acids is 1. The lowest BCUT2D eigenvalue weighted by Crippen LogP contribution is -2.14. The zero-order valence-corrected chi connectivity index (χ0v) is 11.0. The molecule has 0 saturated carbocycles. The lowest BCUT2D eigenvalue weighted by atomic mass is 10.1. The fourth-order valence-electron chi connectivity index (χ4n) is 1.84. The molecule has 0 spiro atoms. The fraction of sp³-hybridized carbons (Fsp3) is 0.133. The third kappa shape index (κ3) is 3.75. The van der Waals surface area contributed by atoms with Crippen LogP contribution in [0.2, 0.25) is 0 Å². The van der Waals surface area contributed by atoms with E-state index in [1.165, 1.54) is 0 Å². The van der Waals surface area contributed by atoms with E-state index in [1.807, 2.05) is 0 Å². The number of hydrogen-bond donors (Lipinski definition) is 2. The Labute approximate surface area is 119 Å². The molecule has 21 heavy (non-hydrogen) atoms. The van der Waals surface area contributed by atoms with Gasteiger partial charge in [0.1, 0.15) is 5.82 Å². The van der Waals surface area contributed by atoms with Gasteiger partial charge in [0, 0.05) is 24.2 Å². The molecule has 0 aliphatic carbocycles. The first kappa shape index (κ1) is 14.9. The molecule has 110 valence electrons. The first-order valence-corrected chi connectivity index (χ1v) is 6.25. The van der Waals surface area contributed by atoms with Crippen molar-refractivity contribution in [2.24, 2.45) is 0 Å². The molecule has 1 amide bonds. The molecule has 3 nitrogen and oxygen atoms in total. The molecule has 6 heteroatoms. The first-order valence-electron chi connectivity index (χ1n) is 6.25. The Morgan fingerprint density at radius 2 is 1.71 bits per heavy atom. The summed E-state index contributed by atoms with van der Waals surface area (Å²) in [7, 11) is 0. The van der Waals surface area contributed by atoms with Gasteiger partial charge in [-0.25, -0.2) is 13.2 Å². The van der Waals surface area contributed by atoms with Crippen molar-refractivity contribution < 1.29 is 18.0 Å². The number of amides is 1. The van der Waals surface area contributed by atoms with Crippen LogP contribution in [0.3, 0.4) is 0 Å². The van der Waals surface area contributed by atoms with Gasteiger partial charge in [-0.2, -0.15) is 0 Å². The van der Waals surface area contributed by atoms with Gasteiger partial charge in [-0.15, -0.1) is 0 Å². The maximum Gasteiger partial charge on any atom is 0.224 e. The van der Waals surface area contributed by atoms with Gasteiger partial charge >= 0.3 is 0 Å². The molecule has 0 fully saturated rings. The van der Waals surface area contributed by atoms with E-state index in [9.17, 15) is 18.0 Å². The van der Waals surface area contributed by atoms with Gasteiger partial charge in [-0.05, 0) is 18.1 Å². The molecule has 2 rings (SSSR count). The molecule has 3 N–H and O–H groups in total. The number of hydrogen-bond acceptors (Lipinski definition) is 2. The number of rotatable bonds is 4. The quantitative estimate of drug-likeness (QED) is 0.671. The van der Waals surface area contributed by atoms with E-state index in [2.05, 4.69) is 5.32 Å². The highest BCUT2D eigenvalue weighted by Crippen LogP contribution is 2.19. The van der Waals surface area contributed by atoms with Gasteiger partial charge < -0.3 is 11.1 Å². The van der Waals surface area contributed by atoms with Crippen LogP contribution in [-0.4, -0.2) is 5.91 Å². The van der Waals surface area contributed by atoms with Crippen LogP contribution in [0.5, 0.6) is 0 Å². The molecule has 0 atom stereocenters. The zero-order valence-electron chi connectivity index (χ0n) is 11.0. The van der Waals surface area contributed by atoms with Crippen molar-refractivity contribution in [3.8, 4) is 0 Å². The summed E-state index contributed by atoms with van der Waals surface area (Å²) in [5, 5.41) is 2.21. The molecule has 0 aliphatic rings. The summed E-state index contributed by atoms with van der Waals surface area (Å²) in [6, 6.07) is 8.05. The van der Waals surface area contributed by atoms with Gasteiger partial charge in [0.25, 0.3) is 0 Å². The molecule has 0 saturated heterocycles. The predicted octanol–water partition coefficient (Wildman–Crippen LogP) is 3.26. The van der Waals surface area contributed by atoms with Crippen molar-refractivity contribution in [2.45, 2.75) is 12.8 Å². The average molecular weight is 294 g/mol. The summed E-state index contributed by atoms with van der Waals surface area (Å²) >= 11 is 0. The monoisotopic (exact) mass is 294 g/mol. The topological polar surface area (TPSA) is 55.1 Å². The van der Waals surface area contributed by atoms with Crippen molar-refractivity contribution in [2.75, 3.05) is 11.1 Å². The Balaban J connectivity index is 1.99. The molecule has 0 radical (unpaired) electrons. The van der Waals surface area contributed by atoms with Crippen molar-refractivity contribution >= 4 is 17.3 Å². The lowest BCUT2D eigenvalue weighted by Gasteiger charge is -2.08. The second-order valence-electron chi connectivity index (χ2n) is 4.49. The van der Waals surface area contributed by atoms with Crippen molar-refractivity contribution in [3.05, 3.63) is 59.4 Å². The number of para-hydroxylation sites is 1. The Hall–Kier alpha value is -2.50. The Kier molecular flexibility index (Phi) is 4.47. The molecule has 0 heterocycles. The van der Waals surface area contributed by atoms with Crippen LogP contribution in [0.15, 0.2) is 36.4 Å². The number of nitrogens with one attached hydrogen (secondary N) is 1. The van der Waals surface area contributed by atoms with Crippen LogP contribution in [0, 0.1) is 17.5 Å². The van der Waals surface area contributed by atoms with Gasteiger partial charge in [-0.3, -0.25) is 4.79 Å². The number of nitrogens with two attached hydrogens (primary N) is 1. The molecule has 0 aromatic heterocycles. The summed E-state index contributed by atoms with van der Waals surface area (Å²) in [6.45, 7) is 0. The minimum atomic E-state index is -1.30. The standard InChI is InChI=1S/C15H13F3N2O/c16-10-7-12(18)14(8-11(10)17)20-15(21)6-5-9-3-1-2-4-13(9)19/h1-4,7-8H,5-6,19H2,(H,20,21). The molecular formula is C15H13F3N2O.